The average molecular weight is 450 g/mol. The van der Waals surface area contributed by atoms with Gasteiger partial charge in [0.05, 0.1) is 24.8 Å². The lowest BCUT2D eigenvalue weighted by atomic mass is 10.2. The average Bonchev–Trinajstić information content (AvgIpc) is 3.30. The zero-order chi connectivity index (χ0) is 22.3. The van der Waals surface area contributed by atoms with E-state index in [0.717, 1.165) is 5.56 Å². The number of nitriles is 1. The van der Waals surface area contributed by atoms with Gasteiger partial charge in [-0.2, -0.15) is 10.2 Å². The van der Waals surface area contributed by atoms with Gasteiger partial charge < -0.3 is 19.5 Å². The molecule has 1 aliphatic rings. The number of rotatable bonds is 8. The fourth-order valence-corrected chi connectivity index (χ4v) is 3.29. The summed E-state index contributed by atoms with van der Waals surface area (Å²) in [6.45, 7) is 0.924. The van der Waals surface area contributed by atoms with Gasteiger partial charge in [0.15, 0.2) is 0 Å². The topological polar surface area (TPSA) is 92.5 Å². The zero-order valence-electron chi connectivity index (χ0n) is 17.2. The van der Waals surface area contributed by atoms with Crippen LogP contribution in [0.2, 0.25) is 5.02 Å². The molecule has 0 bridgehead atoms. The molecule has 9 heteroatoms. The molecule has 1 atom stereocenters. The third-order valence-corrected chi connectivity index (χ3v) is 4.83. The van der Waals surface area contributed by atoms with Crippen molar-refractivity contribution in [1.82, 2.24) is 9.97 Å². The molecule has 0 saturated carbocycles. The van der Waals surface area contributed by atoms with Crippen molar-refractivity contribution in [3.63, 3.8) is 0 Å². The van der Waals surface area contributed by atoms with Crippen LogP contribution in [0, 0.1) is 11.3 Å². The van der Waals surface area contributed by atoms with Crippen LogP contribution in [0.15, 0.2) is 72.9 Å². The molecular weight excluding hydrogens is 430 g/mol. The van der Waals surface area contributed by atoms with E-state index in [4.69, 9.17) is 31.1 Å². The number of ether oxygens (including phenoxy) is 3. The molecule has 1 N–H and O–H groups in total. The molecule has 32 heavy (non-hydrogen) atoms. The quantitative estimate of drug-likeness (QED) is 0.527. The van der Waals surface area contributed by atoms with Crippen LogP contribution < -0.4 is 10.2 Å². The Kier molecular flexibility index (Phi) is 6.70. The predicted molar refractivity (Wildman–Crippen MR) is 120 cm³/mol. The number of hydrogen-bond acceptors (Lipinski definition) is 8. The first-order valence-electron chi connectivity index (χ1n) is 9.81. The van der Waals surface area contributed by atoms with Gasteiger partial charge in [-0.3, -0.25) is 4.90 Å². The lowest BCUT2D eigenvalue weighted by molar-refractivity contribution is -0.0353. The van der Waals surface area contributed by atoms with Gasteiger partial charge in [-0.05, 0) is 36.4 Å². The predicted octanol–water partition coefficient (Wildman–Crippen LogP) is 4.74. The molecule has 2 heterocycles. The van der Waals surface area contributed by atoms with Gasteiger partial charge >= 0.3 is 0 Å². The maximum absolute atomic E-state index is 9.10. The van der Waals surface area contributed by atoms with E-state index in [9.17, 15) is 0 Å². The Balaban J connectivity index is 1.54. The van der Waals surface area contributed by atoms with Crippen LogP contribution in [-0.4, -0.2) is 30.2 Å². The van der Waals surface area contributed by atoms with E-state index < -0.39 is 6.29 Å². The summed E-state index contributed by atoms with van der Waals surface area (Å²) in [5, 5.41) is 12.8. The molecule has 2 aromatic carbocycles. The second-order valence-corrected chi connectivity index (χ2v) is 7.23. The van der Waals surface area contributed by atoms with Crippen LogP contribution in [-0.2, 0) is 14.2 Å². The van der Waals surface area contributed by atoms with Crippen molar-refractivity contribution in [2.75, 3.05) is 30.5 Å². The molecule has 1 aliphatic heterocycles. The second kappa shape index (κ2) is 10.0. The molecule has 0 aliphatic carbocycles. The molecular formula is C23H20ClN5O3. The highest BCUT2D eigenvalue weighted by Gasteiger charge is 2.27. The number of nitrogens with zero attached hydrogens (tertiary/aromatic N) is 4. The number of aromatic nitrogens is 2. The van der Waals surface area contributed by atoms with E-state index in [2.05, 4.69) is 21.4 Å². The minimum absolute atomic E-state index is 0.380. The highest BCUT2D eigenvalue weighted by Crippen LogP contribution is 2.33. The van der Waals surface area contributed by atoms with Crippen molar-refractivity contribution in [2.45, 2.75) is 6.29 Å². The van der Waals surface area contributed by atoms with Crippen molar-refractivity contribution in [3.05, 3.63) is 89.1 Å². The highest BCUT2D eigenvalue weighted by atomic mass is 35.5. The molecule has 0 saturated heterocycles. The van der Waals surface area contributed by atoms with Crippen molar-refractivity contribution < 1.29 is 14.2 Å². The Bertz CT molecular complexity index is 1160. The summed E-state index contributed by atoms with van der Waals surface area (Å²) in [4.78, 5) is 10.7. The molecule has 162 valence electrons. The monoisotopic (exact) mass is 449 g/mol. The third kappa shape index (κ3) is 5.09. The first-order valence-corrected chi connectivity index (χ1v) is 10.2. The lowest BCUT2D eigenvalue weighted by Gasteiger charge is -2.24. The molecule has 0 spiro atoms. The summed E-state index contributed by atoms with van der Waals surface area (Å²) in [5.74, 6) is 1.46. The fraction of sp³-hybridized carbons (Fsp3) is 0.174. The molecule has 1 unspecified atom stereocenters. The standard InChI is InChI=1S/C23H20ClN5O3/c1-30-11-10-29(21-15-31-22(32-21)17-5-3-6-18(24)13-17)20-8-9-26-23(28-20)27-19-7-2-4-16(12-19)14-25/h2-9,12-13,15,22H,10-11H2,1H3,(H,26,27,28). The molecule has 4 rings (SSSR count). The number of nitrogens with one attached hydrogen (secondary N) is 1. The third-order valence-electron chi connectivity index (χ3n) is 4.59. The van der Waals surface area contributed by atoms with Gasteiger partial charge in [-0.1, -0.05) is 29.8 Å². The van der Waals surface area contributed by atoms with Crippen LogP contribution in [0.4, 0.5) is 17.5 Å². The van der Waals surface area contributed by atoms with Gasteiger partial charge in [-0.25, -0.2) is 4.98 Å². The highest BCUT2D eigenvalue weighted by molar-refractivity contribution is 6.30. The SMILES string of the molecule is COCCN(C1=COC(c2cccc(Cl)c2)O1)c1ccnc(Nc2cccc(C#N)c2)n1. The van der Waals surface area contributed by atoms with E-state index in [1.165, 1.54) is 0 Å². The maximum atomic E-state index is 9.10. The van der Waals surface area contributed by atoms with Gasteiger partial charge in [0.1, 0.15) is 12.1 Å². The zero-order valence-corrected chi connectivity index (χ0v) is 18.0. The van der Waals surface area contributed by atoms with E-state index in [-0.39, 0.29) is 0 Å². The van der Waals surface area contributed by atoms with Crippen molar-refractivity contribution in [2.24, 2.45) is 0 Å². The second-order valence-electron chi connectivity index (χ2n) is 6.80. The van der Waals surface area contributed by atoms with Crippen LogP contribution in [0.3, 0.4) is 0 Å². The summed E-state index contributed by atoms with van der Waals surface area (Å²) in [5.41, 5.74) is 2.06. The molecule has 8 nitrogen and oxygen atoms in total. The van der Waals surface area contributed by atoms with E-state index >= 15 is 0 Å². The van der Waals surface area contributed by atoms with Gasteiger partial charge in [0, 0.05) is 29.6 Å². The summed E-state index contributed by atoms with van der Waals surface area (Å²) in [7, 11) is 1.63. The van der Waals surface area contributed by atoms with Gasteiger partial charge in [0.2, 0.25) is 11.8 Å². The Morgan fingerprint density at radius 1 is 1.22 bits per heavy atom. The normalized spacial score (nSPS) is 14.7. The van der Waals surface area contributed by atoms with Crippen molar-refractivity contribution in [1.29, 1.82) is 5.26 Å². The van der Waals surface area contributed by atoms with Crippen LogP contribution >= 0.6 is 11.6 Å². The molecule has 0 amide bonds. The number of anilines is 3. The lowest BCUT2D eigenvalue weighted by Crippen LogP contribution is -2.28. The Morgan fingerprint density at radius 2 is 2.09 bits per heavy atom. The number of hydrogen-bond donors (Lipinski definition) is 1. The molecule has 3 aromatic rings. The van der Waals surface area contributed by atoms with Crippen molar-refractivity contribution in [3.8, 4) is 6.07 Å². The summed E-state index contributed by atoms with van der Waals surface area (Å²) < 4.78 is 17.0. The van der Waals surface area contributed by atoms with Crippen molar-refractivity contribution >= 4 is 29.1 Å². The summed E-state index contributed by atoms with van der Waals surface area (Å²) in [6, 6.07) is 18.3. The number of benzene rings is 2. The summed E-state index contributed by atoms with van der Waals surface area (Å²) >= 11 is 6.09. The van der Waals surface area contributed by atoms with E-state index in [1.54, 1.807) is 56.0 Å². The van der Waals surface area contributed by atoms with Crippen LogP contribution in [0.25, 0.3) is 0 Å². The van der Waals surface area contributed by atoms with Crippen LogP contribution in [0.1, 0.15) is 17.4 Å². The van der Waals surface area contributed by atoms with E-state index in [0.29, 0.717) is 47.1 Å². The Labute approximate surface area is 190 Å². The van der Waals surface area contributed by atoms with Crippen LogP contribution in [0.5, 0.6) is 0 Å². The Morgan fingerprint density at radius 3 is 2.91 bits per heavy atom. The van der Waals surface area contributed by atoms with Gasteiger partial charge in [0.25, 0.3) is 6.29 Å². The fourth-order valence-electron chi connectivity index (χ4n) is 3.09. The molecule has 0 fully saturated rings. The Hall–Kier alpha value is -3.80. The first-order chi connectivity index (χ1) is 15.7. The first kappa shape index (κ1) is 21.4. The minimum Gasteiger partial charge on any atom is -0.453 e. The number of halogens is 1. The molecule has 1 aromatic heterocycles. The largest absolute Gasteiger partial charge is 0.453 e. The van der Waals surface area contributed by atoms with Gasteiger partial charge in [-0.15, -0.1) is 0 Å². The smallest absolute Gasteiger partial charge is 0.268 e. The summed E-state index contributed by atoms with van der Waals surface area (Å²) in [6.07, 6.45) is 2.58. The van der Waals surface area contributed by atoms with E-state index in [1.807, 2.05) is 23.1 Å². The molecule has 0 radical (unpaired) electrons. The minimum atomic E-state index is -0.609. The maximum Gasteiger partial charge on any atom is 0.268 e. The number of methoxy groups -OCH3 is 1.